The zero-order chi connectivity index (χ0) is 15.1. The van der Waals surface area contributed by atoms with Crippen molar-refractivity contribution < 1.29 is 9.47 Å². The van der Waals surface area contributed by atoms with Crippen molar-refractivity contribution in [1.82, 2.24) is 0 Å². The van der Waals surface area contributed by atoms with E-state index in [0.717, 1.165) is 12.0 Å². The molecule has 2 aromatic rings. The van der Waals surface area contributed by atoms with Gasteiger partial charge in [0.15, 0.2) is 5.75 Å². The van der Waals surface area contributed by atoms with Gasteiger partial charge in [-0.3, -0.25) is 0 Å². The van der Waals surface area contributed by atoms with E-state index in [-0.39, 0.29) is 0 Å². The minimum absolute atomic E-state index is 0.392. The van der Waals surface area contributed by atoms with Crippen LogP contribution in [0, 0.1) is 11.3 Å². The topological polar surface area (TPSA) is 68.3 Å². The average molecular weight is 282 g/mol. The maximum atomic E-state index is 8.65. The summed E-state index contributed by atoms with van der Waals surface area (Å²) in [6, 6.07) is 15.0. The van der Waals surface area contributed by atoms with Crippen molar-refractivity contribution in [1.29, 1.82) is 5.26 Å². The average Bonchev–Trinajstić information content (AvgIpc) is 2.50. The Hall–Kier alpha value is -2.67. The number of ether oxygens (including phenoxy) is 2. The van der Waals surface area contributed by atoms with Gasteiger partial charge in [-0.05, 0) is 36.2 Å². The molecule has 0 saturated heterocycles. The van der Waals surface area contributed by atoms with Gasteiger partial charge in [0, 0.05) is 0 Å². The number of hydrogen-bond donors (Lipinski definition) is 1. The Morgan fingerprint density at radius 2 is 1.81 bits per heavy atom. The molecule has 0 bridgehead atoms. The Kier molecular flexibility index (Phi) is 5.05. The van der Waals surface area contributed by atoms with E-state index in [1.54, 1.807) is 6.07 Å². The molecule has 0 aliphatic rings. The number of rotatable bonds is 6. The Morgan fingerprint density at radius 1 is 1.10 bits per heavy atom. The molecule has 2 N–H and O–H groups in total. The molecule has 108 valence electrons. The van der Waals surface area contributed by atoms with Gasteiger partial charge >= 0.3 is 0 Å². The van der Waals surface area contributed by atoms with Crippen LogP contribution in [-0.4, -0.2) is 6.61 Å². The van der Waals surface area contributed by atoms with Crippen LogP contribution in [0.25, 0.3) is 0 Å². The first-order chi connectivity index (χ1) is 10.2. The molecule has 0 spiro atoms. The molecule has 4 heteroatoms. The van der Waals surface area contributed by atoms with E-state index in [9.17, 15) is 0 Å². The van der Waals surface area contributed by atoms with Crippen LogP contribution in [0.15, 0.2) is 42.5 Å². The van der Waals surface area contributed by atoms with Gasteiger partial charge in [-0.15, -0.1) is 0 Å². The molecular weight excluding hydrogens is 264 g/mol. The van der Waals surface area contributed by atoms with Crippen LogP contribution < -0.4 is 15.2 Å². The Bertz CT molecular complexity index is 630. The summed E-state index contributed by atoms with van der Waals surface area (Å²) < 4.78 is 11.3. The first-order valence-electron chi connectivity index (χ1n) is 6.89. The smallest absolute Gasteiger partial charge is 0.154 e. The maximum Gasteiger partial charge on any atom is 0.154 e. The largest absolute Gasteiger partial charge is 0.491 e. The molecule has 0 radical (unpaired) electrons. The summed E-state index contributed by atoms with van der Waals surface area (Å²) in [5.41, 5.74) is 7.51. The van der Waals surface area contributed by atoms with Crippen molar-refractivity contribution in [3.63, 3.8) is 0 Å². The molecule has 0 amide bonds. The van der Waals surface area contributed by atoms with Crippen molar-refractivity contribution in [2.45, 2.75) is 19.8 Å². The molecule has 0 unspecified atom stereocenters. The van der Waals surface area contributed by atoms with Crippen molar-refractivity contribution in [2.75, 3.05) is 12.3 Å². The quantitative estimate of drug-likeness (QED) is 0.815. The van der Waals surface area contributed by atoms with E-state index in [0.29, 0.717) is 36.0 Å². The molecule has 0 fully saturated rings. The van der Waals surface area contributed by atoms with Crippen molar-refractivity contribution >= 4 is 5.69 Å². The lowest BCUT2D eigenvalue weighted by Crippen LogP contribution is -2.00. The van der Waals surface area contributed by atoms with Crippen molar-refractivity contribution in [3.8, 4) is 23.3 Å². The zero-order valence-corrected chi connectivity index (χ0v) is 12.0. The lowest BCUT2D eigenvalue weighted by Gasteiger charge is -2.13. The van der Waals surface area contributed by atoms with E-state index >= 15 is 0 Å². The second kappa shape index (κ2) is 7.20. The number of hydrogen-bond acceptors (Lipinski definition) is 4. The first-order valence-corrected chi connectivity index (χ1v) is 6.89. The second-order valence-electron chi connectivity index (χ2n) is 4.60. The molecule has 4 nitrogen and oxygen atoms in total. The van der Waals surface area contributed by atoms with Crippen LogP contribution in [0.3, 0.4) is 0 Å². The number of nitrogen functional groups attached to an aromatic ring is 1. The summed E-state index contributed by atoms with van der Waals surface area (Å²) in [6.07, 6.45) is 1.31. The lowest BCUT2D eigenvalue weighted by molar-refractivity contribution is 0.318. The predicted molar refractivity (Wildman–Crippen MR) is 82.5 cm³/mol. The number of benzene rings is 2. The fourth-order valence-electron chi connectivity index (χ4n) is 1.84. The van der Waals surface area contributed by atoms with Gasteiger partial charge in [0.05, 0.1) is 19.1 Å². The highest BCUT2D eigenvalue weighted by Crippen LogP contribution is 2.34. The molecule has 0 atom stereocenters. The summed E-state index contributed by atoms with van der Waals surface area (Å²) >= 11 is 0. The number of nitrogens with zero attached hydrogens (tertiary/aromatic N) is 1. The van der Waals surface area contributed by atoms with Gasteiger partial charge in [0.2, 0.25) is 0 Å². The van der Waals surface area contributed by atoms with Gasteiger partial charge < -0.3 is 15.2 Å². The lowest BCUT2D eigenvalue weighted by atomic mass is 10.2. The van der Waals surface area contributed by atoms with Gasteiger partial charge in [0.1, 0.15) is 17.2 Å². The molecule has 0 aliphatic heterocycles. The Balaban J connectivity index is 2.13. The highest BCUT2D eigenvalue weighted by Gasteiger charge is 2.08. The number of nitrogens with two attached hydrogens (primary N) is 1. The SMILES string of the molecule is CCCOc1cccc(Oc2ccc(CC#N)cc2)c1N. The summed E-state index contributed by atoms with van der Waals surface area (Å²) in [6.45, 7) is 2.66. The number of nitriles is 1. The van der Waals surface area contributed by atoms with E-state index in [1.807, 2.05) is 43.3 Å². The molecule has 2 aromatic carbocycles. The minimum Gasteiger partial charge on any atom is -0.491 e. The van der Waals surface area contributed by atoms with E-state index < -0.39 is 0 Å². The number of anilines is 1. The normalized spacial score (nSPS) is 9.90. The van der Waals surface area contributed by atoms with Gasteiger partial charge in [-0.2, -0.15) is 5.26 Å². The molecule has 21 heavy (non-hydrogen) atoms. The maximum absolute atomic E-state index is 8.65. The summed E-state index contributed by atoms with van der Waals surface area (Å²) in [4.78, 5) is 0. The molecule has 0 aliphatic carbocycles. The predicted octanol–water partition coefficient (Wildman–Crippen LogP) is 3.92. The minimum atomic E-state index is 0.392. The Morgan fingerprint density at radius 3 is 2.48 bits per heavy atom. The molecule has 0 aromatic heterocycles. The van der Waals surface area contributed by atoms with Crippen LogP contribution in [0.5, 0.6) is 17.2 Å². The summed E-state index contributed by atoms with van der Waals surface area (Å²) in [7, 11) is 0. The molecule has 0 heterocycles. The Labute approximate surface area is 124 Å². The third kappa shape index (κ3) is 3.90. The second-order valence-corrected chi connectivity index (χ2v) is 4.60. The zero-order valence-electron chi connectivity index (χ0n) is 12.0. The first kappa shape index (κ1) is 14.7. The standard InChI is InChI=1S/C17H18N2O2/c1-2-12-20-15-4-3-5-16(17(15)19)21-14-8-6-13(7-9-14)10-11-18/h3-9H,2,10,12,19H2,1H3. The third-order valence-electron chi connectivity index (χ3n) is 2.92. The van der Waals surface area contributed by atoms with Gasteiger partial charge in [0.25, 0.3) is 0 Å². The van der Waals surface area contributed by atoms with E-state index in [4.69, 9.17) is 20.5 Å². The monoisotopic (exact) mass is 282 g/mol. The molecule has 0 saturated carbocycles. The molecular formula is C17H18N2O2. The highest BCUT2D eigenvalue weighted by molar-refractivity contribution is 5.63. The fraction of sp³-hybridized carbons (Fsp3) is 0.235. The van der Waals surface area contributed by atoms with E-state index in [2.05, 4.69) is 6.07 Å². The van der Waals surface area contributed by atoms with Gasteiger partial charge in [-0.25, -0.2) is 0 Å². The van der Waals surface area contributed by atoms with Crippen LogP contribution in [0.4, 0.5) is 5.69 Å². The third-order valence-corrected chi connectivity index (χ3v) is 2.92. The fourth-order valence-corrected chi connectivity index (χ4v) is 1.84. The van der Waals surface area contributed by atoms with Crippen molar-refractivity contribution in [2.24, 2.45) is 0 Å². The highest BCUT2D eigenvalue weighted by atomic mass is 16.5. The van der Waals surface area contributed by atoms with Gasteiger partial charge in [-0.1, -0.05) is 25.1 Å². The summed E-state index contributed by atoms with van der Waals surface area (Å²) in [5.74, 6) is 1.88. The number of para-hydroxylation sites is 1. The molecule has 2 rings (SSSR count). The van der Waals surface area contributed by atoms with Crippen LogP contribution >= 0.6 is 0 Å². The van der Waals surface area contributed by atoms with Crippen LogP contribution in [0.1, 0.15) is 18.9 Å². The van der Waals surface area contributed by atoms with Crippen LogP contribution in [-0.2, 0) is 6.42 Å². The van der Waals surface area contributed by atoms with Crippen molar-refractivity contribution in [3.05, 3.63) is 48.0 Å². The van der Waals surface area contributed by atoms with Crippen LogP contribution in [0.2, 0.25) is 0 Å². The summed E-state index contributed by atoms with van der Waals surface area (Å²) in [5, 5.41) is 8.65. The van der Waals surface area contributed by atoms with E-state index in [1.165, 1.54) is 0 Å².